The van der Waals surface area contributed by atoms with Crippen molar-refractivity contribution in [3.05, 3.63) is 94.9 Å². The molecule has 1 unspecified atom stereocenters. The fraction of sp³-hybridized carbons (Fsp3) is 0.364. The number of aryl methyl sites for hydroxylation is 2. The van der Waals surface area contributed by atoms with E-state index in [9.17, 15) is 14.7 Å². The average molecular weight is 560 g/mol. The van der Waals surface area contributed by atoms with Crippen LogP contribution in [-0.2, 0) is 22.4 Å². The van der Waals surface area contributed by atoms with Gasteiger partial charge >= 0.3 is 5.97 Å². The summed E-state index contributed by atoms with van der Waals surface area (Å²) >= 11 is 0. The fourth-order valence-corrected chi connectivity index (χ4v) is 4.28. The van der Waals surface area contributed by atoms with Crippen LogP contribution in [0, 0.1) is 13.8 Å². The first kappa shape index (κ1) is 31.4. The van der Waals surface area contributed by atoms with Crippen LogP contribution in [0.5, 0.6) is 5.75 Å². The van der Waals surface area contributed by atoms with Crippen molar-refractivity contribution in [2.75, 3.05) is 13.2 Å². The molecule has 8 heteroatoms. The molecule has 8 nitrogen and oxygen atoms in total. The van der Waals surface area contributed by atoms with Crippen molar-refractivity contribution < 1.29 is 23.8 Å². The highest BCUT2D eigenvalue weighted by Crippen LogP contribution is 2.33. The molecule has 3 N–H and O–H groups in total. The third kappa shape index (κ3) is 9.18. The average Bonchev–Trinajstić information content (AvgIpc) is 3.27. The number of carboxylic acid groups (broad SMARTS) is 1. The van der Waals surface area contributed by atoms with Crippen molar-refractivity contribution in [3.8, 4) is 17.2 Å². The Bertz CT molecular complexity index is 1390. The smallest absolute Gasteiger partial charge is 0.331 e. The highest BCUT2D eigenvalue weighted by atomic mass is 16.5. The van der Waals surface area contributed by atoms with Gasteiger partial charge in [-0.3, -0.25) is 4.79 Å². The molecule has 2 heterocycles. The van der Waals surface area contributed by atoms with Gasteiger partial charge in [-0.1, -0.05) is 42.0 Å². The normalized spacial score (nSPS) is 15.0. The molecule has 41 heavy (non-hydrogen) atoms. The SMILES string of the molecule is CC(C)(C)N.CC=CC=CC(=O)N1CCc2ccc(OCCc3nc(-c4ccc(C)cc4)oc3C)cc2C1C(=O)O. The van der Waals surface area contributed by atoms with E-state index < -0.39 is 12.0 Å². The predicted octanol–water partition coefficient (Wildman–Crippen LogP) is 5.97. The Hall–Kier alpha value is -4.17. The van der Waals surface area contributed by atoms with E-state index in [1.807, 2.05) is 77.9 Å². The number of benzene rings is 2. The van der Waals surface area contributed by atoms with Crippen molar-refractivity contribution in [1.82, 2.24) is 9.88 Å². The Morgan fingerprint density at radius 2 is 1.83 bits per heavy atom. The van der Waals surface area contributed by atoms with Gasteiger partial charge in [0.05, 0.1) is 12.3 Å². The minimum absolute atomic E-state index is 0. The molecular weight excluding hydrogens is 518 g/mol. The number of aromatic nitrogens is 1. The Kier molecular flexibility index (Phi) is 10.7. The summed E-state index contributed by atoms with van der Waals surface area (Å²) < 4.78 is 11.8. The second-order valence-electron chi connectivity index (χ2n) is 11.1. The molecule has 0 saturated heterocycles. The first-order valence-electron chi connectivity index (χ1n) is 13.8. The second-order valence-corrected chi connectivity index (χ2v) is 11.1. The molecule has 1 aromatic heterocycles. The number of rotatable bonds is 8. The van der Waals surface area contributed by atoms with Gasteiger partial charge in [-0.2, -0.15) is 0 Å². The third-order valence-electron chi connectivity index (χ3n) is 6.20. The van der Waals surface area contributed by atoms with Crippen molar-refractivity contribution in [2.45, 2.75) is 66.0 Å². The van der Waals surface area contributed by atoms with Gasteiger partial charge in [0.15, 0.2) is 6.04 Å². The molecule has 1 atom stereocenters. The monoisotopic (exact) mass is 559 g/mol. The molecule has 4 rings (SSSR count). The maximum Gasteiger partial charge on any atom is 0.331 e. The molecule has 0 saturated carbocycles. The lowest BCUT2D eigenvalue weighted by molar-refractivity contribution is -0.149. The van der Waals surface area contributed by atoms with E-state index in [0.29, 0.717) is 43.2 Å². The van der Waals surface area contributed by atoms with Crippen LogP contribution in [0.4, 0.5) is 0 Å². The zero-order chi connectivity index (χ0) is 30.2. The summed E-state index contributed by atoms with van der Waals surface area (Å²) in [5, 5.41) is 9.94. The first-order valence-corrected chi connectivity index (χ1v) is 13.8. The molecule has 0 bridgehead atoms. The van der Waals surface area contributed by atoms with Crippen LogP contribution in [0.1, 0.15) is 61.9 Å². The summed E-state index contributed by atoms with van der Waals surface area (Å²) in [5.41, 5.74) is 9.75. The lowest BCUT2D eigenvalue weighted by atomic mass is 9.92. The number of carbonyl (C=O) groups excluding carboxylic acids is 1. The molecular formula is C33H41N3O5. The van der Waals surface area contributed by atoms with Gasteiger partial charge in [0.2, 0.25) is 11.8 Å². The minimum Gasteiger partial charge on any atom is -0.493 e. The van der Waals surface area contributed by atoms with Gasteiger partial charge in [0.1, 0.15) is 11.5 Å². The molecule has 0 fully saturated rings. The standard InChI is InChI=1S/C29H30N2O5.C4H11N/c1-4-5-6-7-26(32)31-16-14-21-12-13-23(18-24(21)27(31)29(33)34)35-17-15-25-20(3)36-28(30-25)22-10-8-19(2)9-11-22;1-4(2,3)5/h4-13,18,27H,14-17H2,1-3H3,(H,33,34);5H2,1-3H3. The van der Waals surface area contributed by atoms with E-state index in [1.54, 1.807) is 24.3 Å². The van der Waals surface area contributed by atoms with Crippen LogP contribution in [0.2, 0.25) is 0 Å². The number of nitrogens with two attached hydrogens (primary N) is 1. The van der Waals surface area contributed by atoms with Gasteiger partial charge in [0, 0.05) is 30.1 Å². The maximum atomic E-state index is 12.7. The van der Waals surface area contributed by atoms with E-state index in [0.717, 1.165) is 22.6 Å². The zero-order valence-corrected chi connectivity index (χ0v) is 24.8. The number of aliphatic carboxylic acids is 1. The number of hydrogen-bond donors (Lipinski definition) is 2. The quantitative estimate of drug-likeness (QED) is 0.258. The zero-order valence-electron chi connectivity index (χ0n) is 24.8. The highest BCUT2D eigenvalue weighted by Gasteiger charge is 2.35. The fourth-order valence-electron chi connectivity index (χ4n) is 4.28. The summed E-state index contributed by atoms with van der Waals surface area (Å²) in [6.07, 6.45) is 7.68. The molecule has 1 amide bonds. The minimum atomic E-state index is -1.07. The maximum absolute atomic E-state index is 12.7. The number of allylic oxidation sites excluding steroid dienone is 3. The van der Waals surface area contributed by atoms with Gasteiger partial charge in [-0.15, -0.1) is 0 Å². The highest BCUT2D eigenvalue weighted by molar-refractivity contribution is 5.92. The molecule has 1 aliphatic rings. The molecule has 0 radical (unpaired) electrons. The summed E-state index contributed by atoms with van der Waals surface area (Å²) in [5.74, 6) is 0.476. The summed E-state index contributed by atoms with van der Waals surface area (Å²) in [7, 11) is 0. The molecule has 1 aliphatic heterocycles. The van der Waals surface area contributed by atoms with Gasteiger partial charge in [-0.25, -0.2) is 9.78 Å². The van der Waals surface area contributed by atoms with Crippen molar-refractivity contribution in [3.63, 3.8) is 0 Å². The number of fused-ring (bicyclic) bond motifs is 1. The van der Waals surface area contributed by atoms with E-state index in [-0.39, 0.29) is 11.4 Å². The van der Waals surface area contributed by atoms with Crippen molar-refractivity contribution in [2.24, 2.45) is 5.73 Å². The lowest BCUT2D eigenvalue weighted by Crippen LogP contribution is -2.42. The van der Waals surface area contributed by atoms with Crippen LogP contribution in [0.15, 0.2) is 71.2 Å². The number of carboxylic acids is 1. The Labute approximate surface area is 242 Å². The molecule has 0 spiro atoms. The van der Waals surface area contributed by atoms with E-state index in [4.69, 9.17) is 14.9 Å². The summed E-state index contributed by atoms with van der Waals surface area (Å²) in [6.45, 7) is 12.4. The summed E-state index contributed by atoms with van der Waals surface area (Å²) in [6, 6.07) is 12.4. The second kappa shape index (κ2) is 13.9. The van der Waals surface area contributed by atoms with Gasteiger partial charge in [0.25, 0.3) is 0 Å². The van der Waals surface area contributed by atoms with E-state index >= 15 is 0 Å². The Morgan fingerprint density at radius 1 is 1.15 bits per heavy atom. The first-order chi connectivity index (χ1) is 19.4. The largest absolute Gasteiger partial charge is 0.493 e. The number of nitrogens with zero attached hydrogens (tertiary/aromatic N) is 2. The van der Waals surface area contributed by atoms with Gasteiger partial charge in [-0.05, 0) is 83.4 Å². The van der Waals surface area contributed by atoms with E-state index in [1.165, 1.54) is 16.5 Å². The molecule has 218 valence electrons. The summed E-state index contributed by atoms with van der Waals surface area (Å²) in [4.78, 5) is 30.8. The molecule has 2 aromatic carbocycles. The predicted molar refractivity (Wildman–Crippen MR) is 161 cm³/mol. The van der Waals surface area contributed by atoms with Crippen LogP contribution < -0.4 is 10.5 Å². The number of carbonyl (C=O) groups is 2. The number of ether oxygens (including phenoxy) is 1. The molecule has 3 aromatic rings. The van der Waals surface area contributed by atoms with Crippen molar-refractivity contribution in [1.29, 1.82) is 0 Å². The Morgan fingerprint density at radius 3 is 2.46 bits per heavy atom. The van der Waals surface area contributed by atoms with Crippen molar-refractivity contribution >= 4 is 11.9 Å². The number of hydrogen-bond acceptors (Lipinski definition) is 6. The van der Waals surface area contributed by atoms with Crippen LogP contribution in [-0.4, -0.2) is 45.6 Å². The third-order valence-corrected chi connectivity index (χ3v) is 6.20. The van der Waals surface area contributed by atoms with Crippen LogP contribution >= 0.6 is 0 Å². The van der Waals surface area contributed by atoms with Gasteiger partial charge < -0.3 is 24.9 Å². The number of amides is 1. The Balaban J connectivity index is 0.000000850. The number of oxazole rings is 1. The topological polar surface area (TPSA) is 119 Å². The van der Waals surface area contributed by atoms with Crippen LogP contribution in [0.3, 0.4) is 0 Å². The van der Waals surface area contributed by atoms with E-state index in [2.05, 4.69) is 4.98 Å². The lowest BCUT2D eigenvalue weighted by Gasteiger charge is -2.34. The van der Waals surface area contributed by atoms with Crippen LogP contribution in [0.25, 0.3) is 11.5 Å². The molecule has 0 aliphatic carbocycles.